The van der Waals surface area contributed by atoms with Crippen LogP contribution >= 0.6 is 11.6 Å². The zero-order chi connectivity index (χ0) is 31.3. The number of anilines is 1. The van der Waals surface area contributed by atoms with Gasteiger partial charge in [0.05, 0.1) is 29.2 Å². The summed E-state index contributed by atoms with van der Waals surface area (Å²) in [6, 6.07) is 11.2. The lowest BCUT2D eigenvalue weighted by molar-refractivity contribution is 0.0455. The summed E-state index contributed by atoms with van der Waals surface area (Å²) in [5.74, 6) is -0.0374. The average molecular weight is 643 g/mol. The normalized spacial score (nSPS) is 30.7. The highest BCUT2D eigenvalue weighted by Gasteiger charge is 2.46. The maximum absolute atomic E-state index is 12.2. The molecule has 8 nitrogen and oxygen atoms in total. The fourth-order valence-corrected chi connectivity index (χ4v) is 10.1. The lowest BCUT2D eigenvalue weighted by atomic mass is 9.68. The summed E-state index contributed by atoms with van der Waals surface area (Å²) in [5.41, 5.74) is 2.80. The minimum atomic E-state index is -3.62. The number of carboxylic acid groups (broad SMARTS) is 1. The van der Waals surface area contributed by atoms with E-state index in [4.69, 9.17) is 21.5 Å². The number of fused-ring (bicyclic) bond motifs is 3. The fraction of sp³-hybridized carbons (Fsp3) is 0.559. The molecule has 1 heterocycles. The molecule has 10 heteroatoms. The van der Waals surface area contributed by atoms with E-state index >= 15 is 0 Å². The molecule has 6 rings (SSSR count). The maximum atomic E-state index is 12.2. The third-order valence-corrected chi connectivity index (χ3v) is 12.8. The van der Waals surface area contributed by atoms with Crippen LogP contribution in [0.4, 0.5) is 5.69 Å². The Balaban J connectivity index is 1.23. The van der Waals surface area contributed by atoms with E-state index < -0.39 is 32.8 Å². The number of primary sulfonamides is 1. The summed E-state index contributed by atoms with van der Waals surface area (Å²) in [6.07, 6.45) is 10.7. The molecule has 1 spiro atoms. The first-order chi connectivity index (χ1) is 20.9. The van der Waals surface area contributed by atoms with Crippen molar-refractivity contribution in [2.45, 2.75) is 81.5 Å². The largest absolute Gasteiger partial charge is 0.490 e. The van der Waals surface area contributed by atoms with Crippen molar-refractivity contribution in [1.29, 1.82) is 0 Å². The highest BCUT2D eigenvalue weighted by molar-refractivity contribution is 7.89. The summed E-state index contributed by atoms with van der Waals surface area (Å²) in [4.78, 5) is 14.2. The number of rotatable bonds is 8. The number of aliphatic hydroxyl groups excluding tert-OH is 1. The van der Waals surface area contributed by atoms with Gasteiger partial charge >= 0.3 is 5.97 Å². The number of nitrogens with zero attached hydrogens (tertiary/aromatic N) is 1. The van der Waals surface area contributed by atoms with Crippen LogP contribution in [0.2, 0.25) is 5.02 Å². The highest BCUT2D eigenvalue weighted by Crippen LogP contribution is 2.47. The molecule has 0 saturated heterocycles. The van der Waals surface area contributed by atoms with E-state index in [1.54, 1.807) is 18.2 Å². The fourth-order valence-electron chi connectivity index (χ4n) is 8.42. The van der Waals surface area contributed by atoms with E-state index in [1.165, 1.54) is 11.1 Å². The number of halogens is 1. The smallest absolute Gasteiger partial charge is 0.335 e. The molecule has 0 aromatic heterocycles. The maximum Gasteiger partial charge on any atom is 0.335 e. The summed E-state index contributed by atoms with van der Waals surface area (Å²) >= 11 is 6.37. The van der Waals surface area contributed by atoms with E-state index in [9.17, 15) is 23.4 Å². The summed E-state index contributed by atoms with van der Waals surface area (Å²) < 4.78 is 30.8. The van der Waals surface area contributed by atoms with Crippen LogP contribution in [0.15, 0.2) is 48.6 Å². The SMILES string of the molecule is C[C@]1(C/C=C/[C@H](O)[C@@H]2CC[C@H]2CN2C[C@@]3(CCCc4cc(Cl)ccc43)COc3ccc(C(=O)O)cc32)CCC[C@H]1S(N)(=O)=O. The molecule has 2 fully saturated rings. The van der Waals surface area contributed by atoms with Crippen LogP contribution in [0.25, 0.3) is 0 Å². The molecule has 2 aromatic rings. The number of sulfonamides is 1. The number of hydrogen-bond donors (Lipinski definition) is 3. The van der Waals surface area contributed by atoms with Crippen molar-refractivity contribution in [3.63, 3.8) is 0 Å². The zero-order valence-corrected chi connectivity index (χ0v) is 26.8. The molecular formula is C34H43ClN2O6S. The summed E-state index contributed by atoms with van der Waals surface area (Å²) in [7, 11) is -3.62. The second kappa shape index (κ2) is 12.0. The van der Waals surface area contributed by atoms with Gasteiger partial charge in [-0.05, 0) is 110 Å². The molecule has 0 bridgehead atoms. The lowest BCUT2D eigenvalue weighted by Crippen LogP contribution is -2.49. The second-order valence-electron chi connectivity index (χ2n) is 13.8. The molecule has 238 valence electrons. The van der Waals surface area contributed by atoms with Crippen LogP contribution in [-0.2, 0) is 21.9 Å². The third-order valence-electron chi connectivity index (χ3n) is 11.0. The van der Waals surface area contributed by atoms with E-state index in [-0.39, 0.29) is 22.8 Å². The number of carboxylic acids is 1. The molecule has 0 unspecified atom stereocenters. The van der Waals surface area contributed by atoms with Gasteiger partial charge in [-0.25, -0.2) is 18.4 Å². The number of ether oxygens (including phenoxy) is 1. The number of aryl methyl sites for hydroxylation is 1. The van der Waals surface area contributed by atoms with Crippen molar-refractivity contribution in [3.05, 3.63) is 70.3 Å². The number of carbonyl (C=O) groups is 1. The quantitative estimate of drug-likeness (QED) is 0.315. The Morgan fingerprint density at radius 3 is 2.73 bits per heavy atom. The Kier molecular flexibility index (Phi) is 8.54. The number of benzene rings is 2. The predicted octanol–water partition coefficient (Wildman–Crippen LogP) is 5.69. The molecule has 2 saturated carbocycles. The Labute approximate surface area is 265 Å². The van der Waals surface area contributed by atoms with Crippen LogP contribution in [0.5, 0.6) is 5.75 Å². The third kappa shape index (κ3) is 6.00. The van der Waals surface area contributed by atoms with Gasteiger partial charge in [0.1, 0.15) is 5.75 Å². The molecule has 0 radical (unpaired) electrons. The molecular weight excluding hydrogens is 600 g/mol. The standard InChI is InChI=1S/C34H43ClN2O6S/c1-33(15-4-7-31(33)44(36,41)42)14-3-6-29(38)26-11-8-24(26)19-37-20-34(16-2-5-22-17-25(35)10-12-27(22)34)21-43-30-13-9-23(32(39)40)18-28(30)37/h3,6,9-10,12-13,17-18,24,26,29,31,38H,2,4-5,7-8,11,14-16,19-21H2,1H3,(H,39,40)(H2,36,41,42)/b6-3+/t24-,26+,29-,31+,33-,34-/m0/s1. The minimum Gasteiger partial charge on any atom is -0.490 e. The summed E-state index contributed by atoms with van der Waals surface area (Å²) in [6.45, 7) is 3.83. The van der Waals surface area contributed by atoms with Crippen LogP contribution in [0.1, 0.15) is 79.8 Å². The van der Waals surface area contributed by atoms with Crippen LogP contribution in [-0.4, -0.2) is 55.7 Å². The van der Waals surface area contributed by atoms with Gasteiger partial charge in [-0.15, -0.1) is 0 Å². The van der Waals surface area contributed by atoms with Crippen LogP contribution < -0.4 is 14.8 Å². The van der Waals surface area contributed by atoms with Gasteiger partial charge in [-0.1, -0.05) is 43.2 Å². The second-order valence-corrected chi connectivity index (χ2v) is 16.0. The van der Waals surface area contributed by atoms with Crippen LogP contribution in [0, 0.1) is 17.3 Å². The highest BCUT2D eigenvalue weighted by atomic mass is 35.5. The molecule has 1 aliphatic heterocycles. The van der Waals surface area contributed by atoms with Crippen molar-refractivity contribution in [1.82, 2.24) is 0 Å². The topological polar surface area (TPSA) is 130 Å². The first-order valence-corrected chi connectivity index (χ1v) is 17.8. The Morgan fingerprint density at radius 2 is 2.00 bits per heavy atom. The zero-order valence-electron chi connectivity index (χ0n) is 25.3. The number of aromatic carboxylic acids is 1. The van der Waals surface area contributed by atoms with Gasteiger partial charge in [0.15, 0.2) is 0 Å². The number of aliphatic hydroxyl groups is 1. The van der Waals surface area contributed by atoms with E-state index in [0.29, 0.717) is 38.3 Å². The van der Waals surface area contributed by atoms with Crippen LogP contribution in [0.3, 0.4) is 0 Å². The van der Waals surface area contributed by atoms with Gasteiger partial charge in [-0.2, -0.15) is 0 Å². The Morgan fingerprint density at radius 1 is 1.18 bits per heavy atom. The van der Waals surface area contributed by atoms with Gasteiger partial charge in [-0.3, -0.25) is 0 Å². The number of allylic oxidation sites excluding steroid dienone is 1. The lowest BCUT2D eigenvalue weighted by Gasteiger charge is -2.45. The monoisotopic (exact) mass is 642 g/mol. The van der Waals surface area contributed by atoms with Crippen molar-refractivity contribution in [2.75, 3.05) is 24.6 Å². The Hall–Kier alpha value is -2.59. The average Bonchev–Trinajstić information content (AvgIpc) is 3.28. The van der Waals surface area contributed by atoms with Gasteiger partial charge in [0.2, 0.25) is 10.0 Å². The van der Waals surface area contributed by atoms with E-state index in [1.807, 2.05) is 25.1 Å². The minimum absolute atomic E-state index is 0.0559. The molecule has 3 aliphatic carbocycles. The first kappa shape index (κ1) is 31.4. The van der Waals surface area contributed by atoms with Crippen molar-refractivity contribution >= 4 is 33.3 Å². The number of nitrogens with two attached hydrogens (primary N) is 1. The van der Waals surface area contributed by atoms with E-state index in [2.05, 4.69) is 17.0 Å². The van der Waals surface area contributed by atoms with Crippen molar-refractivity contribution < 1.29 is 28.2 Å². The number of hydrogen-bond acceptors (Lipinski definition) is 6. The Bertz CT molecular complexity index is 1560. The molecule has 4 N–H and O–H groups in total. The van der Waals surface area contributed by atoms with Gasteiger partial charge in [0, 0.05) is 23.5 Å². The van der Waals surface area contributed by atoms with Crippen molar-refractivity contribution in [3.8, 4) is 5.75 Å². The van der Waals surface area contributed by atoms with Gasteiger partial charge < -0.3 is 19.8 Å². The molecule has 4 aliphatic rings. The van der Waals surface area contributed by atoms with Crippen molar-refractivity contribution in [2.24, 2.45) is 22.4 Å². The molecule has 44 heavy (non-hydrogen) atoms. The van der Waals surface area contributed by atoms with Gasteiger partial charge in [0.25, 0.3) is 0 Å². The first-order valence-electron chi connectivity index (χ1n) is 15.8. The molecule has 0 amide bonds. The molecule has 6 atom stereocenters. The van der Waals surface area contributed by atoms with E-state index in [0.717, 1.165) is 55.7 Å². The molecule has 2 aromatic carbocycles. The summed E-state index contributed by atoms with van der Waals surface area (Å²) in [5, 5.41) is 26.7. The predicted molar refractivity (Wildman–Crippen MR) is 172 cm³/mol.